The van der Waals surface area contributed by atoms with Crippen molar-refractivity contribution in [3.8, 4) is 0 Å². The summed E-state index contributed by atoms with van der Waals surface area (Å²) in [6.45, 7) is 1.99. The van der Waals surface area contributed by atoms with Gasteiger partial charge in [-0.05, 0) is 31.9 Å². The lowest BCUT2D eigenvalue weighted by Gasteiger charge is -2.16. The molecular weight excluding hydrogens is 420 g/mol. The Labute approximate surface area is 180 Å². The number of aromatic nitrogens is 4. The highest BCUT2D eigenvalue weighted by molar-refractivity contribution is 7.83. The SMILES string of the molecule is CN(C)C(=O)c1cc(S(=O)NC2(C)CC2)cc2c(=O)n(Cc3cnn(C)c3)c(=O)[nH]c12. The van der Waals surface area contributed by atoms with Crippen LogP contribution < -0.4 is 16.0 Å². The van der Waals surface area contributed by atoms with E-state index in [1.807, 2.05) is 6.92 Å². The van der Waals surface area contributed by atoms with Crippen LogP contribution in [0.3, 0.4) is 0 Å². The van der Waals surface area contributed by atoms with E-state index in [-0.39, 0.29) is 28.6 Å². The van der Waals surface area contributed by atoms with Gasteiger partial charge in [-0.25, -0.2) is 13.7 Å². The van der Waals surface area contributed by atoms with Crippen molar-refractivity contribution in [2.75, 3.05) is 14.1 Å². The minimum Gasteiger partial charge on any atom is -0.345 e. The number of hydrogen-bond acceptors (Lipinski definition) is 5. The number of H-pyrrole nitrogens is 1. The van der Waals surface area contributed by atoms with Crippen molar-refractivity contribution in [2.24, 2.45) is 7.05 Å². The molecule has 4 rings (SSSR count). The maximum Gasteiger partial charge on any atom is 0.329 e. The van der Waals surface area contributed by atoms with Gasteiger partial charge >= 0.3 is 5.69 Å². The highest BCUT2D eigenvalue weighted by atomic mass is 32.2. The van der Waals surface area contributed by atoms with Crippen molar-refractivity contribution in [1.29, 1.82) is 0 Å². The summed E-state index contributed by atoms with van der Waals surface area (Å²) in [5.74, 6) is -0.401. The van der Waals surface area contributed by atoms with Crippen molar-refractivity contribution in [1.82, 2.24) is 29.0 Å². The number of hydrogen-bond donors (Lipinski definition) is 2. The fraction of sp³-hybridized carbons (Fsp3) is 0.400. The van der Waals surface area contributed by atoms with Crippen LogP contribution in [0.2, 0.25) is 0 Å². The standard InChI is InChI=1S/C20H24N6O4S/c1-20(5-6-20)23-31(30)13-7-14(17(27)24(2)3)16-15(8-13)18(28)26(19(29)22-16)11-12-9-21-25(4)10-12/h7-10,23H,5-6,11H2,1-4H3,(H,22,29). The zero-order chi connectivity index (χ0) is 22.5. The Balaban J connectivity index is 1.90. The Hall–Kier alpha value is -3.05. The van der Waals surface area contributed by atoms with Gasteiger partial charge in [-0.3, -0.25) is 18.8 Å². The molecule has 1 amide bonds. The molecule has 0 bridgehead atoms. The first-order valence-electron chi connectivity index (χ1n) is 9.78. The number of nitrogens with zero attached hydrogens (tertiary/aromatic N) is 4. The van der Waals surface area contributed by atoms with E-state index < -0.39 is 28.1 Å². The van der Waals surface area contributed by atoms with Gasteiger partial charge in [0.25, 0.3) is 11.5 Å². The summed E-state index contributed by atoms with van der Waals surface area (Å²) in [5.41, 5.74) is -0.469. The Bertz CT molecular complexity index is 1330. The van der Waals surface area contributed by atoms with Crippen LogP contribution in [0.1, 0.15) is 35.7 Å². The van der Waals surface area contributed by atoms with Gasteiger partial charge in [-0.15, -0.1) is 0 Å². The van der Waals surface area contributed by atoms with Gasteiger partial charge in [0.05, 0.1) is 34.1 Å². The van der Waals surface area contributed by atoms with Crippen molar-refractivity contribution in [3.63, 3.8) is 0 Å². The third kappa shape index (κ3) is 4.10. The van der Waals surface area contributed by atoms with Crippen LogP contribution in [0.5, 0.6) is 0 Å². The van der Waals surface area contributed by atoms with E-state index in [2.05, 4.69) is 14.8 Å². The largest absolute Gasteiger partial charge is 0.345 e. The second-order valence-corrected chi connectivity index (χ2v) is 9.58. The minimum absolute atomic E-state index is 0.0263. The highest BCUT2D eigenvalue weighted by Crippen LogP contribution is 2.35. The number of carbonyl (C=O) groups is 1. The number of amides is 1. The topological polar surface area (TPSA) is 122 Å². The smallest absolute Gasteiger partial charge is 0.329 e. The van der Waals surface area contributed by atoms with E-state index in [9.17, 15) is 18.6 Å². The molecule has 10 nitrogen and oxygen atoms in total. The molecular formula is C20H24N6O4S. The lowest BCUT2D eigenvalue weighted by atomic mass is 10.1. The Kier molecular flexibility index (Phi) is 5.18. The number of nitrogens with one attached hydrogen (secondary N) is 2. The maximum atomic E-state index is 13.2. The number of carbonyl (C=O) groups excluding carboxylic acids is 1. The molecule has 1 aliphatic rings. The van der Waals surface area contributed by atoms with Gasteiger partial charge in [0.15, 0.2) is 0 Å². The molecule has 1 saturated carbocycles. The molecule has 0 radical (unpaired) electrons. The fourth-order valence-corrected chi connectivity index (χ4v) is 4.52. The van der Waals surface area contributed by atoms with Crippen LogP contribution in [-0.4, -0.2) is 54.0 Å². The number of aromatic amines is 1. The van der Waals surface area contributed by atoms with Crippen LogP contribution in [0, 0.1) is 0 Å². The molecule has 2 aromatic heterocycles. The van der Waals surface area contributed by atoms with Crippen LogP contribution >= 0.6 is 0 Å². The van der Waals surface area contributed by atoms with Crippen LogP contribution in [0.25, 0.3) is 10.9 Å². The summed E-state index contributed by atoms with van der Waals surface area (Å²) in [4.78, 5) is 43.1. The van der Waals surface area contributed by atoms with Gasteiger partial charge < -0.3 is 9.88 Å². The Morgan fingerprint density at radius 3 is 2.61 bits per heavy atom. The Morgan fingerprint density at radius 1 is 1.32 bits per heavy atom. The molecule has 164 valence electrons. The fourth-order valence-electron chi connectivity index (χ4n) is 3.30. The number of benzene rings is 1. The van der Waals surface area contributed by atoms with Crippen LogP contribution in [0.4, 0.5) is 0 Å². The van der Waals surface area contributed by atoms with Crippen molar-refractivity contribution in [3.05, 3.63) is 56.5 Å². The van der Waals surface area contributed by atoms with Gasteiger partial charge in [-0.1, -0.05) is 0 Å². The number of aryl methyl sites for hydroxylation is 1. The molecule has 1 atom stereocenters. The van der Waals surface area contributed by atoms with E-state index in [1.165, 1.54) is 17.0 Å². The molecule has 1 unspecified atom stereocenters. The molecule has 1 fully saturated rings. The molecule has 2 heterocycles. The zero-order valence-electron chi connectivity index (χ0n) is 17.8. The van der Waals surface area contributed by atoms with Crippen LogP contribution in [0.15, 0.2) is 39.0 Å². The van der Waals surface area contributed by atoms with E-state index >= 15 is 0 Å². The second kappa shape index (κ2) is 7.57. The van der Waals surface area contributed by atoms with E-state index in [0.717, 1.165) is 17.4 Å². The molecule has 1 aromatic carbocycles. The van der Waals surface area contributed by atoms with E-state index in [4.69, 9.17) is 0 Å². The predicted molar refractivity (Wildman–Crippen MR) is 116 cm³/mol. The predicted octanol–water partition coefficient (Wildman–Crippen LogP) is 0.338. The first-order valence-corrected chi connectivity index (χ1v) is 10.9. The third-order valence-corrected chi connectivity index (χ3v) is 6.70. The van der Waals surface area contributed by atoms with Crippen LogP contribution in [-0.2, 0) is 24.6 Å². The highest BCUT2D eigenvalue weighted by Gasteiger charge is 2.39. The van der Waals surface area contributed by atoms with Gasteiger partial charge in [0.1, 0.15) is 11.0 Å². The minimum atomic E-state index is -1.62. The molecule has 0 aliphatic heterocycles. The summed E-state index contributed by atoms with van der Waals surface area (Å²) < 4.78 is 18.6. The molecule has 0 saturated heterocycles. The van der Waals surface area contributed by atoms with Crippen molar-refractivity contribution >= 4 is 27.8 Å². The normalized spacial score (nSPS) is 15.7. The summed E-state index contributed by atoms with van der Waals surface area (Å²) in [7, 11) is 3.27. The zero-order valence-corrected chi connectivity index (χ0v) is 18.6. The molecule has 2 N–H and O–H groups in total. The quantitative estimate of drug-likeness (QED) is 0.568. The Morgan fingerprint density at radius 2 is 2.03 bits per heavy atom. The summed E-state index contributed by atoms with van der Waals surface area (Å²) in [5, 5.41) is 4.19. The molecule has 31 heavy (non-hydrogen) atoms. The first-order chi connectivity index (χ1) is 14.6. The number of rotatable bonds is 6. The monoisotopic (exact) mass is 444 g/mol. The molecule has 1 aliphatic carbocycles. The molecule has 11 heteroatoms. The second-order valence-electron chi connectivity index (χ2n) is 8.37. The van der Waals surface area contributed by atoms with Crippen molar-refractivity contribution < 1.29 is 9.00 Å². The number of fused-ring (bicyclic) bond motifs is 1. The van der Waals surface area contributed by atoms with Crippen molar-refractivity contribution in [2.45, 2.75) is 36.7 Å². The average molecular weight is 445 g/mol. The molecule has 0 spiro atoms. The van der Waals surface area contributed by atoms with E-state index in [0.29, 0.717) is 10.5 Å². The van der Waals surface area contributed by atoms with Gasteiger partial charge in [0, 0.05) is 38.4 Å². The van der Waals surface area contributed by atoms with E-state index in [1.54, 1.807) is 38.2 Å². The molecule has 3 aromatic rings. The average Bonchev–Trinajstić information content (AvgIpc) is 3.29. The first kappa shape index (κ1) is 21.2. The lowest BCUT2D eigenvalue weighted by Crippen LogP contribution is -2.36. The summed E-state index contributed by atoms with van der Waals surface area (Å²) in [6, 6.07) is 2.95. The lowest BCUT2D eigenvalue weighted by molar-refractivity contribution is 0.0829. The van der Waals surface area contributed by atoms with Gasteiger partial charge in [0.2, 0.25) is 0 Å². The summed E-state index contributed by atoms with van der Waals surface area (Å²) in [6.07, 6.45) is 5.09. The summed E-state index contributed by atoms with van der Waals surface area (Å²) >= 11 is 0. The van der Waals surface area contributed by atoms with Gasteiger partial charge in [-0.2, -0.15) is 5.10 Å². The maximum absolute atomic E-state index is 13.2. The third-order valence-electron chi connectivity index (χ3n) is 5.35.